The molecule has 0 amide bonds. The molecule has 0 N–H and O–H groups in total. The fourth-order valence-electron chi connectivity index (χ4n) is 1.61. The predicted octanol–water partition coefficient (Wildman–Crippen LogP) is 2.06. The quantitative estimate of drug-likeness (QED) is 0.681. The number of esters is 1. The van der Waals surface area contributed by atoms with E-state index in [9.17, 15) is 4.79 Å². The second kappa shape index (κ2) is 4.77. The van der Waals surface area contributed by atoms with Crippen molar-refractivity contribution in [1.82, 2.24) is 15.1 Å². The first-order chi connectivity index (χ1) is 9.26. The maximum atomic E-state index is 11.1. The Bertz CT molecular complexity index is 734. The Hall–Kier alpha value is -2.28. The lowest BCUT2D eigenvalue weighted by Crippen LogP contribution is -2.04. The first kappa shape index (κ1) is 11.8. The average molecular weight is 275 g/mol. The number of hydrogen-bond donors (Lipinski definition) is 0. The normalized spacial score (nSPS) is 10.8. The summed E-state index contributed by atoms with van der Waals surface area (Å²) >= 11 is 1.59. The van der Waals surface area contributed by atoms with Gasteiger partial charge in [-0.3, -0.25) is 9.78 Å². The highest BCUT2D eigenvalue weighted by molar-refractivity contribution is 7.17. The molecule has 0 spiro atoms. The molecule has 0 aliphatic heterocycles. The standard InChI is InChI=1S/C12H9N3O3S/c1-17-11(16)5-10-14-12(15-18-10)7-4-9-8(13-6-7)2-3-19-9/h2-4,6H,5H2,1H3. The van der Waals surface area contributed by atoms with Gasteiger partial charge in [-0.05, 0) is 17.5 Å². The summed E-state index contributed by atoms with van der Waals surface area (Å²) in [7, 11) is 1.31. The molecule has 3 aromatic rings. The maximum absolute atomic E-state index is 11.1. The summed E-state index contributed by atoms with van der Waals surface area (Å²) in [5.74, 6) is 0.233. The van der Waals surface area contributed by atoms with E-state index in [0.29, 0.717) is 5.82 Å². The number of pyridine rings is 1. The fourth-order valence-corrected chi connectivity index (χ4v) is 2.39. The Labute approximate surface area is 112 Å². The van der Waals surface area contributed by atoms with Gasteiger partial charge >= 0.3 is 5.97 Å². The molecule has 0 atom stereocenters. The Balaban J connectivity index is 1.91. The van der Waals surface area contributed by atoms with Crippen molar-refractivity contribution >= 4 is 27.5 Å². The topological polar surface area (TPSA) is 78.1 Å². The van der Waals surface area contributed by atoms with Crippen LogP contribution < -0.4 is 0 Å². The summed E-state index contributed by atoms with van der Waals surface area (Å²) in [6.45, 7) is 0. The van der Waals surface area contributed by atoms with E-state index < -0.39 is 5.97 Å². The summed E-state index contributed by atoms with van der Waals surface area (Å²) in [6, 6.07) is 3.89. The molecular weight excluding hydrogens is 266 g/mol. The van der Waals surface area contributed by atoms with Crippen molar-refractivity contribution in [2.45, 2.75) is 6.42 Å². The highest BCUT2D eigenvalue weighted by Crippen LogP contribution is 2.24. The molecule has 3 heterocycles. The molecule has 96 valence electrons. The van der Waals surface area contributed by atoms with Gasteiger partial charge < -0.3 is 9.26 Å². The van der Waals surface area contributed by atoms with Crippen molar-refractivity contribution in [3.63, 3.8) is 0 Å². The summed E-state index contributed by atoms with van der Waals surface area (Å²) in [4.78, 5) is 19.6. The first-order valence-corrected chi connectivity index (χ1v) is 6.37. The van der Waals surface area contributed by atoms with Crippen LogP contribution in [0.4, 0.5) is 0 Å². The highest BCUT2D eigenvalue weighted by Gasteiger charge is 2.13. The SMILES string of the molecule is COC(=O)Cc1nc(-c2cnc3ccsc3c2)no1. The van der Waals surface area contributed by atoms with Crippen LogP contribution in [0.15, 0.2) is 28.2 Å². The van der Waals surface area contributed by atoms with Crippen LogP contribution in [0.1, 0.15) is 5.89 Å². The van der Waals surface area contributed by atoms with Crippen molar-refractivity contribution in [3.8, 4) is 11.4 Å². The van der Waals surface area contributed by atoms with Crippen LogP contribution in [0, 0.1) is 0 Å². The summed E-state index contributed by atoms with van der Waals surface area (Å²) in [5.41, 5.74) is 1.70. The Morgan fingerprint density at radius 2 is 2.42 bits per heavy atom. The number of rotatable bonds is 3. The molecule has 3 rings (SSSR count). The summed E-state index contributed by atoms with van der Waals surface area (Å²) < 4.78 is 10.6. The van der Waals surface area contributed by atoms with Crippen LogP contribution in [0.2, 0.25) is 0 Å². The minimum Gasteiger partial charge on any atom is -0.469 e. The van der Waals surface area contributed by atoms with Crippen LogP contribution in [0.5, 0.6) is 0 Å². The second-order valence-electron chi connectivity index (χ2n) is 3.79. The van der Waals surface area contributed by atoms with E-state index in [-0.39, 0.29) is 12.3 Å². The molecule has 19 heavy (non-hydrogen) atoms. The van der Waals surface area contributed by atoms with E-state index in [2.05, 4.69) is 19.9 Å². The molecule has 0 radical (unpaired) electrons. The number of thiophene rings is 1. The summed E-state index contributed by atoms with van der Waals surface area (Å²) in [6.07, 6.45) is 1.65. The second-order valence-corrected chi connectivity index (χ2v) is 4.74. The van der Waals surface area contributed by atoms with Crippen molar-refractivity contribution in [2.24, 2.45) is 0 Å². The van der Waals surface area contributed by atoms with Gasteiger partial charge in [0.2, 0.25) is 11.7 Å². The van der Waals surface area contributed by atoms with Gasteiger partial charge in [-0.2, -0.15) is 4.98 Å². The number of fused-ring (bicyclic) bond motifs is 1. The molecule has 0 aliphatic carbocycles. The van der Waals surface area contributed by atoms with E-state index in [1.54, 1.807) is 17.5 Å². The monoisotopic (exact) mass is 275 g/mol. The van der Waals surface area contributed by atoms with Gasteiger partial charge in [0.15, 0.2) is 0 Å². The minimum atomic E-state index is -0.415. The lowest BCUT2D eigenvalue weighted by molar-refractivity contribution is -0.140. The van der Waals surface area contributed by atoms with Crippen LogP contribution in [0.3, 0.4) is 0 Å². The van der Waals surface area contributed by atoms with Gasteiger partial charge in [0.1, 0.15) is 6.42 Å². The number of hydrogen-bond acceptors (Lipinski definition) is 7. The fraction of sp³-hybridized carbons (Fsp3) is 0.167. The molecule has 0 fully saturated rings. The zero-order valence-corrected chi connectivity index (χ0v) is 10.8. The first-order valence-electron chi connectivity index (χ1n) is 5.49. The zero-order valence-electron chi connectivity index (χ0n) is 9.99. The Morgan fingerprint density at radius 3 is 3.26 bits per heavy atom. The van der Waals surface area contributed by atoms with E-state index in [0.717, 1.165) is 15.8 Å². The smallest absolute Gasteiger partial charge is 0.315 e. The number of aromatic nitrogens is 3. The van der Waals surface area contributed by atoms with Crippen molar-refractivity contribution in [1.29, 1.82) is 0 Å². The van der Waals surface area contributed by atoms with Gasteiger partial charge in [-0.15, -0.1) is 11.3 Å². The van der Waals surface area contributed by atoms with Gasteiger partial charge in [0.25, 0.3) is 0 Å². The van der Waals surface area contributed by atoms with E-state index in [1.807, 2.05) is 17.5 Å². The largest absolute Gasteiger partial charge is 0.469 e. The Morgan fingerprint density at radius 1 is 1.53 bits per heavy atom. The molecule has 0 aliphatic rings. The molecule has 0 saturated carbocycles. The number of carbonyl (C=O) groups is 1. The van der Waals surface area contributed by atoms with Crippen molar-refractivity contribution in [2.75, 3.05) is 7.11 Å². The third-order valence-electron chi connectivity index (χ3n) is 2.55. The van der Waals surface area contributed by atoms with E-state index in [4.69, 9.17) is 4.52 Å². The molecule has 0 aromatic carbocycles. The average Bonchev–Trinajstić information content (AvgIpc) is 3.05. The number of methoxy groups -OCH3 is 1. The van der Waals surface area contributed by atoms with E-state index in [1.165, 1.54) is 7.11 Å². The number of ether oxygens (including phenoxy) is 1. The van der Waals surface area contributed by atoms with Crippen molar-refractivity contribution in [3.05, 3.63) is 29.6 Å². The number of nitrogens with zero attached hydrogens (tertiary/aromatic N) is 3. The molecule has 0 bridgehead atoms. The van der Waals surface area contributed by atoms with Crippen molar-refractivity contribution < 1.29 is 14.1 Å². The van der Waals surface area contributed by atoms with Gasteiger partial charge in [-0.25, -0.2) is 0 Å². The van der Waals surface area contributed by atoms with Crippen LogP contribution in [0.25, 0.3) is 21.6 Å². The lowest BCUT2D eigenvalue weighted by Gasteiger charge is -1.94. The molecular formula is C12H9N3O3S. The minimum absolute atomic E-state index is 0.0296. The molecule has 3 aromatic heterocycles. The predicted molar refractivity (Wildman–Crippen MR) is 68.6 cm³/mol. The van der Waals surface area contributed by atoms with Gasteiger partial charge in [0, 0.05) is 11.8 Å². The van der Waals surface area contributed by atoms with Crippen LogP contribution in [-0.2, 0) is 16.0 Å². The third-order valence-corrected chi connectivity index (χ3v) is 3.41. The van der Waals surface area contributed by atoms with Crippen LogP contribution in [-0.4, -0.2) is 28.2 Å². The molecule has 0 unspecified atom stereocenters. The third kappa shape index (κ3) is 2.32. The zero-order chi connectivity index (χ0) is 13.2. The molecule has 0 saturated heterocycles. The lowest BCUT2D eigenvalue weighted by atomic mass is 10.2. The van der Waals surface area contributed by atoms with Crippen LogP contribution >= 0.6 is 11.3 Å². The summed E-state index contributed by atoms with van der Waals surface area (Å²) in [5, 5.41) is 5.81. The molecule has 7 heteroatoms. The van der Waals surface area contributed by atoms with E-state index >= 15 is 0 Å². The van der Waals surface area contributed by atoms with Gasteiger partial charge in [-0.1, -0.05) is 5.16 Å². The van der Waals surface area contributed by atoms with Gasteiger partial charge in [0.05, 0.1) is 17.3 Å². The number of carbonyl (C=O) groups excluding carboxylic acids is 1. The molecule has 6 nitrogen and oxygen atoms in total. The maximum Gasteiger partial charge on any atom is 0.315 e. The highest BCUT2D eigenvalue weighted by atomic mass is 32.1. The Kier molecular flexibility index (Phi) is 2.96.